The maximum Gasteiger partial charge on any atom is 0.144 e. The molecule has 21 heavy (non-hydrogen) atoms. The quantitative estimate of drug-likeness (QED) is 0.580. The van der Waals surface area contributed by atoms with E-state index in [0.29, 0.717) is 5.82 Å². The van der Waals surface area contributed by atoms with Gasteiger partial charge in [0.1, 0.15) is 17.9 Å². The maximum atomic E-state index is 10.4. The van der Waals surface area contributed by atoms with Crippen LogP contribution in [0.25, 0.3) is 27.6 Å². The largest absolute Gasteiger partial charge is 0.507 e. The molecule has 4 aromatic rings. The van der Waals surface area contributed by atoms with Gasteiger partial charge in [-0.2, -0.15) is 0 Å². The van der Waals surface area contributed by atoms with Gasteiger partial charge in [-0.05, 0) is 19.1 Å². The van der Waals surface area contributed by atoms with Crippen molar-refractivity contribution in [2.75, 3.05) is 0 Å². The number of hydrogen-bond donors (Lipinski definition) is 1. The zero-order chi connectivity index (χ0) is 14.4. The fourth-order valence-electron chi connectivity index (χ4n) is 2.53. The molecular formula is C16H12N4O. The van der Waals surface area contributed by atoms with Crippen molar-refractivity contribution in [3.05, 3.63) is 54.7 Å². The van der Waals surface area contributed by atoms with Crippen LogP contribution in [0.15, 0.2) is 49.2 Å². The number of rotatable bonds is 1. The summed E-state index contributed by atoms with van der Waals surface area (Å²) in [5.41, 5.74) is 2.35. The highest BCUT2D eigenvalue weighted by Crippen LogP contribution is 2.31. The summed E-state index contributed by atoms with van der Waals surface area (Å²) in [5.74, 6) is 0.962. The first-order valence-electron chi connectivity index (χ1n) is 6.60. The first-order valence-corrected chi connectivity index (χ1v) is 6.60. The Bertz CT molecular complexity index is 942. The summed E-state index contributed by atoms with van der Waals surface area (Å²) in [7, 11) is 0. The van der Waals surface area contributed by atoms with Crippen LogP contribution in [-0.4, -0.2) is 24.6 Å². The molecule has 0 aliphatic heterocycles. The van der Waals surface area contributed by atoms with Crippen LogP contribution >= 0.6 is 0 Å². The molecule has 3 aromatic heterocycles. The lowest BCUT2D eigenvalue weighted by molar-refractivity contribution is 0.476. The normalized spacial score (nSPS) is 11.3. The van der Waals surface area contributed by atoms with Gasteiger partial charge in [0.2, 0.25) is 0 Å². The summed E-state index contributed by atoms with van der Waals surface area (Å²) in [6.07, 6.45) is 7.08. The maximum absolute atomic E-state index is 10.4. The Morgan fingerprint density at radius 3 is 2.81 bits per heavy atom. The minimum absolute atomic E-state index is 0.263. The number of para-hydroxylation sites is 1. The fourth-order valence-corrected chi connectivity index (χ4v) is 2.53. The van der Waals surface area contributed by atoms with Crippen molar-refractivity contribution >= 4 is 21.8 Å². The number of benzene rings is 1. The van der Waals surface area contributed by atoms with Crippen LogP contribution in [0.1, 0.15) is 5.56 Å². The number of fused-ring (bicyclic) bond motifs is 2. The highest BCUT2D eigenvalue weighted by Gasteiger charge is 2.12. The second kappa shape index (κ2) is 4.28. The Morgan fingerprint density at radius 2 is 1.95 bits per heavy atom. The van der Waals surface area contributed by atoms with Gasteiger partial charge in [-0.25, -0.2) is 15.0 Å². The summed E-state index contributed by atoms with van der Waals surface area (Å²) in [5, 5.41) is 12.1. The lowest BCUT2D eigenvalue weighted by Gasteiger charge is -2.10. The molecule has 4 rings (SSSR count). The summed E-state index contributed by atoms with van der Waals surface area (Å²) in [6, 6.07) is 7.56. The van der Waals surface area contributed by atoms with Gasteiger partial charge in [0.25, 0.3) is 0 Å². The standard InChI is InChI=1S/C16H12N4O/c1-10-15(21)12-4-2-3-5-13(12)19-16(10)20-7-11-6-17-9-18-14(11)8-20/h2-9H,1H3,(H,19,21). The average Bonchev–Trinajstić information content (AvgIpc) is 2.94. The van der Waals surface area contributed by atoms with Crippen molar-refractivity contribution in [3.63, 3.8) is 0 Å². The minimum atomic E-state index is 0.263. The van der Waals surface area contributed by atoms with Crippen LogP contribution in [0.4, 0.5) is 0 Å². The summed E-state index contributed by atoms with van der Waals surface area (Å²) in [4.78, 5) is 12.9. The van der Waals surface area contributed by atoms with Crippen molar-refractivity contribution < 1.29 is 5.11 Å². The van der Waals surface area contributed by atoms with Crippen LogP contribution in [-0.2, 0) is 0 Å². The zero-order valence-corrected chi connectivity index (χ0v) is 11.4. The molecular weight excluding hydrogens is 264 g/mol. The molecule has 0 bridgehead atoms. The first kappa shape index (κ1) is 11.8. The highest BCUT2D eigenvalue weighted by molar-refractivity contribution is 5.87. The molecule has 0 amide bonds. The third kappa shape index (κ3) is 1.74. The molecule has 0 aliphatic rings. The van der Waals surface area contributed by atoms with E-state index in [1.54, 1.807) is 6.20 Å². The molecule has 0 atom stereocenters. The number of hydrogen-bond acceptors (Lipinski definition) is 4. The van der Waals surface area contributed by atoms with E-state index in [2.05, 4.69) is 15.0 Å². The number of pyridine rings is 1. The van der Waals surface area contributed by atoms with E-state index in [-0.39, 0.29) is 5.75 Å². The molecule has 1 aromatic carbocycles. The SMILES string of the molecule is Cc1c(-n2cc3cncnc3c2)nc2ccccc2c1O. The summed E-state index contributed by atoms with van der Waals surface area (Å²) >= 11 is 0. The van der Waals surface area contributed by atoms with E-state index in [0.717, 1.165) is 27.4 Å². The van der Waals surface area contributed by atoms with Gasteiger partial charge in [0, 0.05) is 34.9 Å². The number of aromatic nitrogens is 4. The molecule has 0 fully saturated rings. The lowest BCUT2D eigenvalue weighted by Crippen LogP contribution is -1.99. The summed E-state index contributed by atoms with van der Waals surface area (Å²) < 4.78 is 1.88. The van der Waals surface area contributed by atoms with Crippen LogP contribution in [0.5, 0.6) is 5.75 Å². The predicted molar refractivity (Wildman–Crippen MR) is 80.6 cm³/mol. The van der Waals surface area contributed by atoms with Crippen molar-refractivity contribution in [2.45, 2.75) is 6.92 Å². The van der Waals surface area contributed by atoms with Gasteiger partial charge in [0.15, 0.2) is 0 Å². The Labute approximate surface area is 120 Å². The van der Waals surface area contributed by atoms with Crippen molar-refractivity contribution in [3.8, 4) is 11.6 Å². The molecule has 0 unspecified atom stereocenters. The Morgan fingerprint density at radius 1 is 1.10 bits per heavy atom. The molecule has 0 spiro atoms. The van der Waals surface area contributed by atoms with E-state index in [1.165, 1.54) is 6.33 Å². The van der Waals surface area contributed by atoms with Gasteiger partial charge in [-0.1, -0.05) is 12.1 Å². The predicted octanol–water partition coefficient (Wildman–Crippen LogP) is 2.98. The summed E-state index contributed by atoms with van der Waals surface area (Å²) in [6.45, 7) is 1.86. The van der Waals surface area contributed by atoms with Gasteiger partial charge >= 0.3 is 0 Å². The molecule has 5 heteroatoms. The highest BCUT2D eigenvalue weighted by atomic mass is 16.3. The van der Waals surface area contributed by atoms with Crippen LogP contribution in [0.2, 0.25) is 0 Å². The molecule has 1 N–H and O–H groups in total. The average molecular weight is 276 g/mol. The topological polar surface area (TPSA) is 63.8 Å². The van der Waals surface area contributed by atoms with Crippen molar-refractivity contribution in [2.24, 2.45) is 0 Å². The van der Waals surface area contributed by atoms with Crippen LogP contribution in [0.3, 0.4) is 0 Å². The molecule has 3 heterocycles. The van der Waals surface area contributed by atoms with Gasteiger partial charge in [-0.3, -0.25) is 0 Å². The second-order valence-corrected chi connectivity index (χ2v) is 4.95. The zero-order valence-electron chi connectivity index (χ0n) is 11.4. The lowest BCUT2D eigenvalue weighted by atomic mass is 10.1. The molecule has 0 saturated carbocycles. The molecule has 102 valence electrons. The fraction of sp³-hybridized carbons (Fsp3) is 0.0625. The van der Waals surface area contributed by atoms with Gasteiger partial charge in [-0.15, -0.1) is 0 Å². The Kier molecular flexibility index (Phi) is 2.41. The minimum Gasteiger partial charge on any atom is -0.507 e. The van der Waals surface area contributed by atoms with E-state index < -0.39 is 0 Å². The Balaban J connectivity index is 2.03. The first-order chi connectivity index (χ1) is 10.2. The molecule has 0 saturated heterocycles. The Hall–Kier alpha value is -2.95. The van der Waals surface area contributed by atoms with Gasteiger partial charge < -0.3 is 9.67 Å². The van der Waals surface area contributed by atoms with E-state index in [4.69, 9.17) is 0 Å². The van der Waals surface area contributed by atoms with Crippen molar-refractivity contribution in [1.29, 1.82) is 0 Å². The second-order valence-electron chi connectivity index (χ2n) is 4.95. The van der Waals surface area contributed by atoms with Crippen LogP contribution in [0, 0.1) is 6.92 Å². The van der Waals surface area contributed by atoms with E-state index in [9.17, 15) is 5.11 Å². The van der Waals surface area contributed by atoms with Crippen molar-refractivity contribution in [1.82, 2.24) is 19.5 Å². The van der Waals surface area contributed by atoms with Crippen LogP contribution < -0.4 is 0 Å². The molecule has 0 radical (unpaired) electrons. The number of nitrogens with zero attached hydrogens (tertiary/aromatic N) is 4. The van der Waals surface area contributed by atoms with E-state index >= 15 is 0 Å². The monoisotopic (exact) mass is 276 g/mol. The smallest absolute Gasteiger partial charge is 0.144 e. The third-order valence-corrected chi connectivity index (χ3v) is 3.63. The number of aromatic hydroxyl groups is 1. The molecule has 5 nitrogen and oxygen atoms in total. The third-order valence-electron chi connectivity index (χ3n) is 3.63. The van der Waals surface area contributed by atoms with E-state index in [1.807, 2.05) is 48.1 Å². The molecule has 0 aliphatic carbocycles. The van der Waals surface area contributed by atoms with Gasteiger partial charge in [0.05, 0.1) is 11.0 Å².